The van der Waals surface area contributed by atoms with Gasteiger partial charge in [0.15, 0.2) is 5.82 Å². The molecule has 0 fully saturated rings. The smallest absolute Gasteiger partial charge is 0.366 e. The second-order valence-corrected chi connectivity index (χ2v) is 3.75. The molecule has 0 spiro atoms. The van der Waals surface area contributed by atoms with E-state index in [1.807, 2.05) is 0 Å². The third-order valence-electron chi connectivity index (χ3n) is 2.47. The minimum atomic E-state index is -4.53. The monoisotopic (exact) mass is 271 g/mol. The first kappa shape index (κ1) is 13.0. The molecule has 2 N–H and O–H groups in total. The number of amides is 1. The van der Waals surface area contributed by atoms with Crippen molar-refractivity contribution in [2.45, 2.75) is 6.18 Å². The van der Waals surface area contributed by atoms with Crippen LogP contribution in [-0.2, 0) is 13.2 Å². The van der Waals surface area contributed by atoms with Crippen LogP contribution in [0.5, 0.6) is 0 Å². The van der Waals surface area contributed by atoms with E-state index < -0.39 is 17.6 Å². The van der Waals surface area contributed by atoms with E-state index >= 15 is 0 Å². The second kappa shape index (κ2) is 4.34. The number of nitrogens with zero attached hydrogens (tertiary/aromatic N) is 4. The molecule has 0 bridgehead atoms. The summed E-state index contributed by atoms with van der Waals surface area (Å²) >= 11 is 0. The normalized spacial score (nSPS) is 11.6. The highest BCUT2D eigenvalue weighted by Crippen LogP contribution is 2.33. The van der Waals surface area contributed by atoms with Crippen LogP contribution < -0.4 is 5.73 Å². The third kappa shape index (κ3) is 2.39. The van der Waals surface area contributed by atoms with Crippen LogP contribution in [0.1, 0.15) is 15.9 Å². The van der Waals surface area contributed by atoms with E-state index in [9.17, 15) is 18.0 Å². The van der Waals surface area contributed by atoms with Crippen LogP contribution in [-0.4, -0.2) is 26.1 Å². The lowest BCUT2D eigenvalue weighted by Gasteiger charge is -2.10. The maximum atomic E-state index is 12.7. The molecule has 9 heteroatoms. The molecule has 0 radical (unpaired) electrons. The second-order valence-electron chi connectivity index (χ2n) is 3.75. The highest BCUT2D eigenvalue weighted by molar-refractivity contribution is 5.99. The number of aromatic nitrogens is 4. The summed E-state index contributed by atoms with van der Waals surface area (Å²) in [6.45, 7) is 0. The lowest BCUT2D eigenvalue weighted by atomic mass is 10.0. The Bertz CT molecular complexity index is 634. The van der Waals surface area contributed by atoms with E-state index in [1.54, 1.807) is 0 Å². The molecule has 19 heavy (non-hydrogen) atoms. The Morgan fingerprint density at radius 2 is 2.05 bits per heavy atom. The summed E-state index contributed by atoms with van der Waals surface area (Å²) in [7, 11) is 1.44. The first-order valence-electron chi connectivity index (χ1n) is 5.04. The van der Waals surface area contributed by atoms with Crippen molar-refractivity contribution in [3.63, 3.8) is 0 Å². The number of tetrazole rings is 1. The van der Waals surface area contributed by atoms with E-state index in [4.69, 9.17) is 5.73 Å². The van der Waals surface area contributed by atoms with Gasteiger partial charge in [0.2, 0.25) is 5.91 Å². The lowest BCUT2D eigenvalue weighted by molar-refractivity contribution is -0.137. The molecular weight excluding hydrogens is 263 g/mol. The van der Waals surface area contributed by atoms with Crippen LogP contribution in [0, 0.1) is 0 Å². The van der Waals surface area contributed by atoms with Crippen LogP contribution in [0.2, 0.25) is 0 Å². The summed E-state index contributed by atoms with van der Waals surface area (Å²) in [5.41, 5.74) is 4.09. The van der Waals surface area contributed by atoms with Crippen molar-refractivity contribution in [3.05, 3.63) is 29.3 Å². The molecule has 0 atom stereocenters. The molecule has 2 aromatic rings. The molecule has 1 amide bonds. The van der Waals surface area contributed by atoms with Crippen molar-refractivity contribution in [1.29, 1.82) is 0 Å². The molecule has 0 saturated heterocycles. The molecule has 2 rings (SSSR count). The Kier molecular flexibility index (Phi) is 2.97. The molecule has 0 aliphatic heterocycles. The van der Waals surface area contributed by atoms with Crippen molar-refractivity contribution in [1.82, 2.24) is 20.2 Å². The number of primary amides is 1. The SMILES string of the molecule is Cn1nnnc1-c1cc(C(F)(F)F)ccc1C(N)=O. The maximum absolute atomic E-state index is 12.7. The number of benzene rings is 1. The fourth-order valence-electron chi connectivity index (χ4n) is 1.58. The highest BCUT2D eigenvalue weighted by Gasteiger charge is 2.32. The number of carbonyl (C=O) groups is 1. The molecule has 1 aromatic carbocycles. The van der Waals surface area contributed by atoms with Crippen molar-refractivity contribution in [2.75, 3.05) is 0 Å². The zero-order chi connectivity index (χ0) is 14.2. The Hall–Kier alpha value is -2.45. The van der Waals surface area contributed by atoms with Crippen molar-refractivity contribution < 1.29 is 18.0 Å². The zero-order valence-corrected chi connectivity index (χ0v) is 9.64. The van der Waals surface area contributed by atoms with Gasteiger partial charge in [-0.3, -0.25) is 4.79 Å². The first-order chi connectivity index (χ1) is 8.80. The number of carbonyl (C=O) groups excluding carboxylic acids is 1. The minimum absolute atomic E-state index is 0.0277. The predicted octanol–water partition coefficient (Wildman–Crippen LogP) is 0.995. The number of hydrogen-bond acceptors (Lipinski definition) is 4. The lowest BCUT2D eigenvalue weighted by Crippen LogP contribution is -2.15. The molecule has 6 nitrogen and oxygen atoms in total. The van der Waals surface area contributed by atoms with Gasteiger partial charge in [-0.05, 0) is 28.6 Å². The topological polar surface area (TPSA) is 86.7 Å². The minimum Gasteiger partial charge on any atom is -0.366 e. The largest absolute Gasteiger partial charge is 0.416 e. The Labute approximate surface area is 105 Å². The van der Waals surface area contributed by atoms with E-state index in [-0.39, 0.29) is 17.0 Å². The summed E-state index contributed by atoms with van der Waals surface area (Å²) in [5.74, 6) is -0.827. The molecule has 1 heterocycles. The van der Waals surface area contributed by atoms with Crippen molar-refractivity contribution in [3.8, 4) is 11.4 Å². The van der Waals surface area contributed by atoms with Crippen molar-refractivity contribution >= 4 is 5.91 Å². The van der Waals surface area contributed by atoms with Crippen LogP contribution in [0.15, 0.2) is 18.2 Å². The Morgan fingerprint density at radius 1 is 1.37 bits per heavy atom. The maximum Gasteiger partial charge on any atom is 0.416 e. The number of alkyl halides is 3. The zero-order valence-electron chi connectivity index (χ0n) is 9.64. The fourth-order valence-corrected chi connectivity index (χ4v) is 1.58. The Balaban J connectivity index is 2.68. The van der Waals surface area contributed by atoms with Crippen LogP contribution in [0.4, 0.5) is 13.2 Å². The number of halogens is 3. The van der Waals surface area contributed by atoms with Gasteiger partial charge in [0.25, 0.3) is 0 Å². The third-order valence-corrected chi connectivity index (χ3v) is 2.47. The van der Waals surface area contributed by atoms with Gasteiger partial charge in [-0.25, -0.2) is 4.68 Å². The van der Waals surface area contributed by atoms with E-state index in [1.165, 1.54) is 7.05 Å². The molecule has 0 aliphatic carbocycles. The van der Waals surface area contributed by atoms with Crippen molar-refractivity contribution in [2.24, 2.45) is 12.8 Å². The standard InChI is InChI=1S/C10H8F3N5O/c1-18-9(15-16-17-18)7-4-5(10(11,12)13)2-3-6(7)8(14)19/h2-4H,1H3,(H2,14,19). The van der Waals surface area contributed by atoms with E-state index in [0.29, 0.717) is 0 Å². The van der Waals surface area contributed by atoms with Gasteiger partial charge in [0.05, 0.1) is 11.1 Å². The fraction of sp³-hybridized carbons (Fsp3) is 0.200. The first-order valence-corrected chi connectivity index (χ1v) is 5.04. The summed E-state index contributed by atoms with van der Waals surface area (Å²) in [5, 5.41) is 10.4. The molecule has 0 unspecified atom stereocenters. The van der Waals surface area contributed by atoms with Gasteiger partial charge in [-0.1, -0.05) is 0 Å². The van der Waals surface area contributed by atoms with Gasteiger partial charge in [0, 0.05) is 12.6 Å². The summed E-state index contributed by atoms with van der Waals surface area (Å²) in [6.07, 6.45) is -4.53. The predicted molar refractivity (Wildman–Crippen MR) is 57.8 cm³/mol. The number of hydrogen-bond donors (Lipinski definition) is 1. The molecule has 1 aromatic heterocycles. The van der Waals surface area contributed by atoms with Gasteiger partial charge in [0.1, 0.15) is 0 Å². The molecular formula is C10H8F3N5O. The molecule has 0 aliphatic rings. The molecule has 0 saturated carbocycles. The summed E-state index contributed by atoms with van der Waals surface area (Å²) in [4.78, 5) is 11.3. The summed E-state index contributed by atoms with van der Waals surface area (Å²) in [6, 6.07) is 2.59. The van der Waals surface area contributed by atoms with Gasteiger partial charge in [-0.2, -0.15) is 13.2 Å². The van der Waals surface area contributed by atoms with Gasteiger partial charge >= 0.3 is 6.18 Å². The van der Waals surface area contributed by atoms with Crippen LogP contribution in [0.3, 0.4) is 0 Å². The van der Waals surface area contributed by atoms with Crippen LogP contribution in [0.25, 0.3) is 11.4 Å². The average Bonchev–Trinajstić information content (AvgIpc) is 2.73. The van der Waals surface area contributed by atoms with Gasteiger partial charge in [-0.15, -0.1) is 5.10 Å². The number of nitrogens with two attached hydrogens (primary N) is 1. The quantitative estimate of drug-likeness (QED) is 0.882. The van der Waals surface area contributed by atoms with E-state index in [0.717, 1.165) is 22.9 Å². The van der Waals surface area contributed by atoms with Crippen LogP contribution >= 0.6 is 0 Å². The summed E-state index contributed by atoms with van der Waals surface area (Å²) < 4.78 is 39.2. The molecule has 100 valence electrons. The Morgan fingerprint density at radius 3 is 2.53 bits per heavy atom. The van der Waals surface area contributed by atoms with Gasteiger partial charge < -0.3 is 5.73 Å². The van der Waals surface area contributed by atoms with E-state index in [2.05, 4.69) is 15.5 Å². The highest BCUT2D eigenvalue weighted by atomic mass is 19.4. The average molecular weight is 271 g/mol. The number of rotatable bonds is 2. The number of aryl methyl sites for hydroxylation is 1.